The maximum absolute atomic E-state index is 13.9. The van der Waals surface area contributed by atoms with E-state index in [1.807, 2.05) is 72.7 Å². The van der Waals surface area contributed by atoms with Gasteiger partial charge in [-0.25, -0.2) is 4.79 Å². The van der Waals surface area contributed by atoms with Crippen LogP contribution in [0.3, 0.4) is 0 Å². The van der Waals surface area contributed by atoms with Crippen molar-refractivity contribution >= 4 is 18.0 Å². The second-order valence-electron chi connectivity index (χ2n) is 12.6. The van der Waals surface area contributed by atoms with Crippen LogP contribution in [0.1, 0.15) is 78.4 Å². The summed E-state index contributed by atoms with van der Waals surface area (Å²) in [5.74, 6) is -0.918. The number of nitrogens with one attached hydrogen (secondary N) is 1. The van der Waals surface area contributed by atoms with Crippen molar-refractivity contribution in [3.63, 3.8) is 0 Å². The number of ether oxygens (including phenoxy) is 3. The van der Waals surface area contributed by atoms with Gasteiger partial charge in [0.1, 0.15) is 18.2 Å². The molecule has 0 aliphatic heterocycles. The summed E-state index contributed by atoms with van der Waals surface area (Å²) in [7, 11) is 3.24. The minimum Gasteiger partial charge on any atom is -0.460 e. The van der Waals surface area contributed by atoms with Crippen LogP contribution < -0.4 is 5.32 Å². The maximum Gasteiger partial charge on any atom is 0.407 e. The standard InChI is InChI=1S/C34H48N2O6/c1-10-22(4)31(28(40-9)19-29(37)42-34(5,6)7)36(8)32(38)30(21(2)3)35-33(39)41-20-27-25-17-13-11-15-23(25)24-16-12-14-18-26(24)27/h11-18,21-22,27-28,30-31H,10,19-20H2,1-9H3,(H,35,39)/t22-,28+,30-,31-/m0/s1. The van der Waals surface area contributed by atoms with Crippen LogP contribution in [-0.2, 0) is 23.8 Å². The second kappa shape index (κ2) is 14.2. The smallest absolute Gasteiger partial charge is 0.407 e. The van der Waals surface area contributed by atoms with E-state index in [4.69, 9.17) is 14.2 Å². The summed E-state index contributed by atoms with van der Waals surface area (Å²) in [6.07, 6.45) is -0.449. The van der Waals surface area contributed by atoms with E-state index in [9.17, 15) is 14.4 Å². The Hall–Kier alpha value is -3.39. The first-order valence-electron chi connectivity index (χ1n) is 14.9. The number of hydrogen-bond acceptors (Lipinski definition) is 6. The fraction of sp³-hybridized carbons (Fsp3) is 0.559. The topological polar surface area (TPSA) is 94.2 Å². The third-order valence-corrected chi connectivity index (χ3v) is 8.04. The molecule has 2 aromatic carbocycles. The number of nitrogens with zero attached hydrogens (tertiary/aromatic N) is 1. The van der Waals surface area contributed by atoms with Crippen molar-refractivity contribution in [1.29, 1.82) is 0 Å². The highest BCUT2D eigenvalue weighted by Gasteiger charge is 2.38. The summed E-state index contributed by atoms with van der Waals surface area (Å²) in [4.78, 5) is 41.3. The number of hydrogen-bond donors (Lipinski definition) is 1. The molecule has 0 heterocycles. The number of methoxy groups -OCH3 is 1. The Balaban J connectivity index is 1.72. The van der Waals surface area contributed by atoms with Crippen molar-refractivity contribution < 1.29 is 28.6 Å². The number of alkyl carbamates (subject to hydrolysis) is 1. The van der Waals surface area contributed by atoms with Gasteiger partial charge in [-0.1, -0.05) is 82.6 Å². The van der Waals surface area contributed by atoms with E-state index < -0.39 is 29.9 Å². The lowest BCUT2D eigenvalue weighted by atomic mass is 9.90. The molecule has 230 valence electrons. The summed E-state index contributed by atoms with van der Waals surface area (Å²) in [5, 5.41) is 2.82. The molecule has 1 N–H and O–H groups in total. The van der Waals surface area contributed by atoms with Crippen LogP contribution in [0.25, 0.3) is 11.1 Å². The van der Waals surface area contributed by atoms with E-state index in [0.29, 0.717) is 0 Å². The quantitative estimate of drug-likeness (QED) is 0.302. The largest absolute Gasteiger partial charge is 0.460 e. The average Bonchev–Trinajstić information content (AvgIpc) is 3.26. The van der Waals surface area contributed by atoms with E-state index in [-0.39, 0.29) is 42.7 Å². The normalized spacial score (nSPS) is 15.7. The molecule has 0 radical (unpaired) electrons. The van der Waals surface area contributed by atoms with E-state index in [1.54, 1.807) is 11.9 Å². The van der Waals surface area contributed by atoms with Crippen LogP contribution in [0, 0.1) is 11.8 Å². The number of carbonyl (C=O) groups is 3. The van der Waals surface area contributed by atoms with Gasteiger partial charge in [-0.05, 0) is 54.9 Å². The van der Waals surface area contributed by atoms with Crippen molar-refractivity contribution in [3.05, 3.63) is 59.7 Å². The zero-order chi connectivity index (χ0) is 31.2. The van der Waals surface area contributed by atoms with Crippen molar-refractivity contribution in [3.8, 4) is 11.1 Å². The molecule has 2 amide bonds. The fourth-order valence-corrected chi connectivity index (χ4v) is 5.78. The van der Waals surface area contributed by atoms with Gasteiger partial charge >= 0.3 is 12.1 Å². The number of carbonyl (C=O) groups excluding carboxylic acids is 3. The third-order valence-electron chi connectivity index (χ3n) is 8.04. The molecule has 0 aromatic heterocycles. The van der Waals surface area contributed by atoms with Crippen molar-refractivity contribution in [2.45, 2.75) is 91.0 Å². The molecule has 0 spiro atoms. The zero-order valence-corrected chi connectivity index (χ0v) is 26.6. The molecule has 8 nitrogen and oxygen atoms in total. The first-order valence-corrected chi connectivity index (χ1v) is 14.9. The Bertz CT molecular complexity index is 1190. The molecule has 0 unspecified atom stereocenters. The molecular formula is C34H48N2O6. The SMILES string of the molecule is CC[C@H](C)[C@@H]([C@@H](CC(=O)OC(C)(C)C)OC)N(C)C(=O)[C@@H](NC(=O)OCC1c2ccccc2-c2ccccc21)C(C)C. The monoisotopic (exact) mass is 580 g/mol. The Labute approximate surface area is 251 Å². The molecule has 1 aliphatic rings. The van der Waals surface area contributed by atoms with Crippen molar-refractivity contribution in [2.24, 2.45) is 11.8 Å². The number of rotatable bonds is 12. The van der Waals surface area contributed by atoms with Crippen molar-refractivity contribution in [2.75, 3.05) is 20.8 Å². The lowest BCUT2D eigenvalue weighted by molar-refractivity contribution is -0.160. The first-order chi connectivity index (χ1) is 19.8. The molecular weight excluding hydrogens is 532 g/mol. The summed E-state index contributed by atoms with van der Waals surface area (Å²) in [6.45, 7) is 13.4. The van der Waals surface area contributed by atoms with E-state index in [2.05, 4.69) is 29.6 Å². The van der Waals surface area contributed by atoms with Gasteiger partial charge in [-0.2, -0.15) is 0 Å². The van der Waals surface area contributed by atoms with Gasteiger partial charge in [0.2, 0.25) is 5.91 Å². The lowest BCUT2D eigenvalue weighted by Gasteiger charge is -2.39. The van der Waals surface area contributed by atoms with Crippen LogP contribution in [0.15, 0.2) is 48.5 Å². The van der Waals surface area contributed by atoms with Crippen LogP contribution in [-0.4, -0.2) is 67.4 Å². The number of likely N-dealkylation sites (N-methyl/N-ethyl adjacent to an activating group) is 1. The molecule has 1 aliphatic carbocycles. The first kappa shape index (κ1) is 33.1. The number of esters is 1. The molecule has 42 heavy (non-hydrogen) atoms. The summed E-state index contributed by atoms with van der Waals surface area (Å²) in [6, 6.07) is 15.1. The predicted molar refractivity (Wildman–Crippen MR) is 164 cm³/mol. The summed E-state index contributed by atoms with van der Waals surface area (Å²) < 4.78 is 17.0. The Morgan fingerprint density at radius 2 is 1.50 bits per heavy atom. The van der Waals surface area contributed by atoms with Gasteiger partial charge < -0.3 is 24.4 Å². The lowest BCUT2D eigenvalue weighted by Crippen LogP contribution is -2.57. The van der Waals surface area contributed by atoms with E-state index in [1.165, 1.54) is 7.11 Å². The Kier molecular flexibility index (Phi) is 11.2. The number of fused-ring (bicyclic) bond motifs is 3. The maximum atomic E-state index is 13.9. The zero-order valence-electron chi connectivity index (χ0n) is 26.6. The van der Waals surface area contributed by atoms with Gasteiger partial charge in [0, 0.05) is 20.1 Å². The molecule has 0 bridgehead atoms. The Morgan fingerprint density at radius 1 is 0.952 bits per heavy atom. The van der Waals surface area contributed by atoms with Crippen LogP contribution in [0.4, 0.5) is 4.79 Å². The van der Waals surface area contributed by atoms with Gasteiger partial charge in [-0.3, -0.25) is 9.59 Å². The van der Waals surface area contributed by atoms with Crippen LogP contribution in [0.5, 0.6) is 0 Å². The molecule has 2 aromatic rings. The van der Waals surface area contributed by atoms with Crippen molar-refractivity contribution in [1.82, 2.24) is 10.2 Å². The summed E-state index contributed by atoms with van der Waals surface area (Å²) in [5.41, 5.74) is 3.91. The van der Waals surface area contributed by atoms with Crippen LogP contribution >= 0.6 is 0 Å². The molecule has 8 heteroatoms. The van der Waals surface area contributed by atoms with Gasteiger partial charge in [0.05, 0.1) is 18.6 Å². The minimum atomic E-state index is -0.823. The van der Waals surface area contributed by atoms with Crippen LogP contribution in [0.2, 0.25) is 0 Å². The highest BCUT2D eigenvalue weighted by molar-refractivity contribution is 5.86. The highest BCUT2D eigenvalue weighted by atomic mass is 16.6. The van der Waals surface area contributed by atoms with Gasteiger partial charge in [0.25, 0.3) is 0 Å². The minimum absolute atomic E-state index is 0.00650. The average molecular weight is 581 g/mol. The fourth-order valence-electron chi connectivity index (χ4n) is 5.78. The van der Waals surface area contributed by atoms with Gasteiger partial charge in [0.15, 0.2) is 0 Å². The molecule has 4 atom stereocenters. The molecule has 0 fully saturated rings. The Morgan fingerprint density at radius 3 is 1.98 bits per heavy atom. The number of amides is 2. The molecule has 3 rings (SSSR count). The highest BCUT2D eigenvalue weighted by Crippen LogP contribution is 2.44. The molecule has 0 saturated heterocycles. The number of benzene rings is 2. The third kappa shape index (κ3) is 7.91. The molecule has 0 saturated carbocycles. The predicted octanol–water partition coefficient (Wildman–Crippen LogP) is 6.17. The van der Waals surface area contributed by atoms with Gasteiger partial charge in [-0.15, -0.1) is 0 Å². The van der Waals surface area contributed by atoms with E-state index in [0.717, 1.165) is 28.7 Å². The summed E-state index contributed by atoms with van der Waals surface area (Å²) >= 11 is 0. The second-order valence-corrected chi connectivity index (χ2v) is 12.6. The van der Waals surface area contributed by atoms with E-state index >= 15 is 0 Å².